The number of unbranched alkanes of at least 4 members (excludes halogenated alkanes) is 2. The maximum Gasteiger partial charge on any atom is 0.00838 e. The Morgan fingerprint density at radius 1 is 1.38 bits per heavy atom. The van der Waals surface area contributed by atoms with Crippen molar-refractivity contribution in [2.75, 3.05) is 13.6 Å². The highest BCUT2D eigenvalue weighted by Crippen LogP contribution is 1.96. The van der Waals surface area contributed by atoms with Gasteiger partial charge in [-0.25, -0.2) is 0 Å². The monoisotopic (exact) mass is 133 g/mol. The maximum atomic E-state index is 4.10. The SMILES string of the molecule is CCCCCN(C)S. The molecule has 0 aliphatic carbocycles. The third-order valence-corrected chi connectivity index (χ3v) is 1.29. The molecule has 0 aliphatic rings. The first-order valence-electron chi connectivity index (χ1n) is 3.17. The molecule has 0 aromatic carbocycles. The van der Waals surface area contributed by atoms with Crippen molar-refractivity contribution in [1.29, 1.82) is 0 Å². The first-order valence-corrected chi connectivity index (χ1v) is 3.57. The lowest BCUT2D eigenvalue weighted by molar-refractivity contribution is 0.530. The molecule has 0 rings (SSSR count). The Bertz CT molecular complexity index is 45.8. The van der Waals surface area contributed by atoms with Crippen LogP contribution in [0.1, 0.15) is 26.2 Å². The van der Waals surface area contributed by atoms with Gasteiger partial charge in [-0.3, -0.25) is 4.31 Å². The van der Waals surface area contributed by atoms with Gasteiger partial charge in [0.25, 0.3) is 0 Å². The van der Waals surface area contributed by atoms with Crippen LogP contribution in [0, 0.1) is 0 Å². The lowest BCUT2D eigenvalue weighted by Crippen LogP contribution is -2.05. The van der Waals surface area contributed by atoms with Gasteiger partial charge in [0.15, 0.2) is 0 Å². The molecule has 2 heteroatoms. The van der Waals surface area contributed by atoms with E-state index in [1.54, 1.807) is 0 Å². The van der Waals surface area contributed by atoms with Crippen LogP contribution in [0.2, 0.25) is 0 Å². The van der Waals surface area contributed by atoms with Crippen molar-refractivity contribution in [2.45, 2.75) is 26.2 Å². The molecule has 0 aliphatic heterocycles. The summed E-state index contributed by atoms with van der Waals surface area (Å²) in [7, 11) is 1.98. The van der Waals surface area contributed by atoms with Gasteiger partial charge in [-0.15, -0.1) is 0 Å². The van der Waals surface area contributed by atoms with Crippen molar-refractivity contribution < 1.29 is 0 Å². The Labute approximate surface area is 57.6 Å². The van der Waals surface area contributed by atoms with Crippen LogP contribution in [0.4, 0.5) is 0 Å². The van der Waals surface area contributed by atoms with Crippen LogP contribution in [0.25, 0.3) is 0 Å². The molecular weight excluding hydrogens is 118 g/mol. The molecular formula is C6H15NS. The molecule has 50 valence electrons. The minimum atomic E-state index is 1.11. The summed E-state index contributed by atoms with van der Waals surface area (Å²) in [6, 6.07) is 0. The van der Waals surface area contributed by atoms with Crippen LogP contribution in [0.3, 0.4) is 0 Å². The second-order valence-electron chi connectivity index (χ2n) is 2.09. The molecule has 8 heavy (non-hydrogen) atoms. The van der Waals surface area contributed by atoms with Gasteiger partial charge < -0.3 is 0 Å². The molecule has 1 nitrogen and oxygen atoms in total. The van der Waals surface area contributed by atoms with E-state index in [1.165, 1.54) is 19.3 Å². The molecule has 0 atom stereocenters. The maximum absolute atomic E-state index is 4.10. The van der Waals surface area contributed by atoms with E-state index in [9.17, 15) is 0 Å². The summed E-state index contributed by atoms with van der Waals surface area (Å²) >= 11 is 4.10. The van der Waals surface area contributed by atoms with Gasteiger partial charge in [0.05, 0.1) is 0 Å². The summed E-state index contributed by atoms with van der Waals surface area (Å²) in [4.78, 5) is 0. The standard InChI is InChI=1S/C6H15NS/c1-3-4-5-6-7(2)8/h8H,3-6H2,1-2H3. The molecule has 0 radical (unpaired) electrons. The van der Waals surface area contributed by atoms with Crippen LogP contribution >= 0.6 is 12.8 Å². The van der Waals surface area contributed by atoms with Crippen molar-refractivity contribution in [3.05, 3.63) is 0 Å². The number of nitrogens with zero attached hydrogens (tertiary/aromatic N) is 1. The van der Waals surface area contributed by atoms with Crippen molar-refractivity contribution in [3.8, 4) is 0 Å². The van der Waals surface area contributed by atoms with Crippen LogP contribution in [-0.2, 0) is 0 Å². The van der Waals surface area contributed by atoms with Crippen molar-refractivity contribution >= 4 is 12.8 Å². The fourth-order valence-corrected chi connectivity index (χ4v) is 0.732. The minimum absolute atomic E-state index is 1.11. The van der Waals surface area contributed by atoms with E-state index in [1.807, 2.05) is 11.4 Å². The fourth-order valence-electron chi connectivity index (χ4n) is 0.591. The van der Waals surface area contributed by atoms with Gasteiger partial charge in [-0.05, 0) is 13.5 Å². The Hall–Kier alpha value is 0.310. The molecule has 0 fully saturated rings. The molecule has 0 bridgehead atoms. The Balaban J connectivity index is 2.72. The molecule has 0 unspecified atom stereocenters. The summed E-state index contributed by atoms with van der Waals surface area (Å²) in [5.41, 5.74) is 0. The summed E-state index contributed by atoms with van der Waals surface area (Å²) < 4.78 is 1.93. The second-order valence-corrected chi connectivity index (χ2v) is 2.77. The number of thiol groups is 1. The van der Waals surface area contributed by atoms with E-state index < -0.39 is 0 Å². The average Bonchev–Trinajstić information content (AvgIpc) is 1.66. The summed E-state index contributed by atoms with van der Waals surface area (Å²) in [5.74, 6) is 0. The van der Waals surface area contributed by atoms with Gasteiger partial charge in [0, 0.05) is 6.54 Å². The van der Waals surface area contributed by atoms with Crippen LogP contribution in [0.5, 0.6) is 0 Å². The molecule has 0 heterocycles. The van der Waals surface area contributed by atoms with E-state index in [2.05, 4.69) is 19.7 Å². The number of rotatable bonds is 4. The fraction of sp³-hybridized carbons (Fsp3) is 1.00. The van der Waals surface area contributed by atoms with Crippen LogP contribution in [0.15, 0.2) is 0 Å². The predicted octanol–water partition coefficient (Wildman–Crippen LogP) is 1.95. The van der Waals surface area contributed by atoms with Gasteiger partial charge in [-0.2, -0.15) is 0 Å². The van der Waals surface area contributed by atoms with Crippen molar-refractivity contribution in [1.82, 2.24) is 4.31 Å². The Morgan fingerprint density at radius 2 is 2.00 bits per heavy atom. The van der Waals surface area contributed by atoms with E-state index in [0.29, 0.717) is 0 Å². The molecule has 0 spiro atoms. The largest absolute Gasteiger partial charge is 0.256 e. The molecule has 0 aromatic rings. The normalized spacial score (nSPS) is 10.5. The first-order chi connectivity index (χ1) is 3.77. The predicted molar refractivity (Wildman–Crippen MR) is 41.1 cm³/mol. The van der Waals surface area contributed by atoms with Gasteiger partial charge in [0.2, 0.25) is 0 Å². The molecule has 0 aromatic heterocycles. The van der Waals surface area contributed by atoms with Crippen molar-refractivity contribution in [2.24, 2.45) is 0 Å². The molecule has 0 amide bonds. The zero-order valence-electron chi connectivity index (χ0n) is 5.72. The molecule has 0 saturated heterocycles. The summed E-state index contributed by atoms with van der Waals surface area (Å²) in [5, 5.41) is 0. The van der Waals surface area contributed by atoms with E-state index in [4.69, 9.17) is 0 Å². The highest BCUT2D eigenvalue weighted by atomic mass is 32.1. The molecule has 0 saturated carbocycles. The van der Waals surface area contributed by atoms with Crippen LogP contribution < -0.4 is 0 Å². The lowest BCUT2D eigenvalue weighted by Gasteiger charge is -2.05. The van der Waals surface area contributed by atoms with Gasteiger partial charge in [0.1, 0.15) is 0 Å². The molecule has 0 N–H and O–H groups in total. The quantitative estimate of drug-likeness (QED) is 0.453. The van der Waals surface area contributed by atoms with Crippen LogP contribution in [-0.4, -0.2) is 17.9 Å². The topological polar surface area (TPSA) is 3.24 Å². The lowest BCUT2D eigenvalue weighted by atomic mass is 10.2. The Morgan fingerprint density at radius 3 is 2.38 bits per heavy atom. The second kappa shape index (κ2) is 5.45. The summed E-state index contributed by atoms with van der Waals surface area (Å²) in [6.45, 7) is 3.31. The Kier molecular flexibility index (Phi) is 5.66. The van der Waals surface area contributed by atoms with E-state index >= 15 is 0 Å². The van der Waals surface area contributed by atoms with E-state index in [-0.39, 0.29) is 0 Å². The highest BCUT2D eigenvalue weighted by Gasteiger charge is 1.87. The van der Waals surface area contributed by atoms with Crippen molar-refractivity contribution in [3.63, 3.8) is 0 Å². The third kappa shape index (κ3) is 6.31. The zero-order chi connectivity index (χ0) is 6.41. The van der Waals surface area contributed by atoms with Gasteiger partial charge in [-0.1, -0.05) is 32.6 Å². The number of hydrogen-bond donors (Lipinski definition) is 1. The van der Waals surface area contributed by atoms with E-state index in [0.717, 1.165) is 6.54 Å². The first kappa shape index (κ1) is 8.31. The highest BCUT2D eigenvalue weighted by molar-refractivity contribution is 7.77. The average molecular weight is 133 g/mol. The minimum Gasteiger partial charge on any atom is -0.256 e. The van der Waals surface area contributed by atoms with Gasteiger partial charge >= 0.3 is 0 Å². The smallest absolute Gasteiger partial charge is 0.00838 e. The zero-order valence-corrected chi connectivity index (χ0v) is 6.62. The summed E-state index contributed by atoms with van der Waals surface area (Å²) in [6.07, 6.45) is 3.89. The third-order valence-electron chi connectivity index (χ3n) is 1.09. The number of hydrogen-bond acceptors (Lipinski definition) is 2.